The van der Waals surface area contributed by atoms with Crippen molar-refractivity contribution in [1.29, 1.82) is 0 Å². The average molecular weight is 362 g/mol. The third-order valence-corrected chi connectivity index (χ3v) is 2.72. The number of allylic oxidation sites excluding steroid dienone is 2. The van der Waals surface area contributed by atoms with Crippen LogP contribution < -0.4 is 0 Å². The number of alkyl halides is 12. The zero-order chi connectivity index (χ0) is 18.2. The van der Waals surface area contributed by atoms with Crippen LogP contribution in [0.4, 0.5) is 61.5 Å². The lowest BCUT2D eigenvalue weighted by molar-refractivity contribution is -0.425. The van der Waals surface area contributed by atoms with E-state index >= 15 is 0 Å². The molecule has 1 rings (SSSR count). The molecule has 0 aromatic carbocycles. The summed E-state index contributed by atoms with van der Waals surface area (Å²) in [6, 6.07) is 0. The molecule has 130 valence electrons. The van der Waals surface area contributed by atoms with Gasteiger partial charge < -0.3 is 0 Å². The predicted octanol–water partition coefficient (Wildman–Crippen LogP) is 4.96. The fourth-order valence-corrected chi connectivity index (χ4v) is 1.34. The van der Waals surface area contributed by atoms with Gasteiger partial charge in [0.25, 0.3) is 0 Å². The number of rotatable bonds is 0. The molecule has 22 heavy (non-hydrogen) atoms. The highest BCUT2D eigenvalue weighted by molar-refractivity contribution is 5.30. The molecule has 0 saturated heterocycles. The molecule has 0 aromatic heterocycles. The maximum absolute atomic E-state index is 12.7. The van der Waals surface area contributed by atoms with Crippen molar-refractivity contribution >= 4 is 0 Å². The monoisotopic (exact) mass is 362 g/mol. The topological polar surface area (TPSA) is 0 Å². The van der Waals surface area contributed by atoms with E-state index in [4.69, 9.17) is 0 Å². The van der Waals surface area contributed by atoms with Gasteiger partial charge in [0.15, 0.2) is 0 Å². The van der Waals surface area contributed by atoms with Gasteiger partial charge in [-0.25, -0.2) is 8.78 Å². The Bertz CT molecular complexity index is 465. The number of hydrogen-bond acceptors (Lipinski definition) is 0. The number of halogens is 14. The van der Waals surface area contributed by atoms with Crippen LogP contribution in [0.5, 0.6) is 0 Å². The van der Waals surface area contributed by atoms with E-state index in [9.17, 15) is 61.5 Å². The summed E-state index contributed by atoms with van der Waals surface area (Å²) in [6.07, 6.45) is 0. The largest absolute Gasteiger partial charge is 0.385 e. The van der Waals surface area contributed by atoms with Crippen LogP contribution in [0.3, 0.4) is 0 Å². The van der Waals surface area contributed by atoms with Gasteiger partial charge in [0.1, 0.15) is 0 Å². The lowest BCUT2D eigenvalue weighted by atomic mass is 9.87. The molecule has 0 saturated carbocycles. The molecule has 0 spiro atoms. The molecule has 0 aromatic rings. The van der Waals surface area contributed by atoms with E-state index in [-0.39, 0.29) is 0 Å². The van der Waals surface area contributed by atoms with Crippen molar-refractivity contribution in [3.8, 4) is 0 Å². The Kier molecular flexibility index (Phi) is 3.58. The Morgan fingerprint density at radius 3 is 0.727 bits per heavy atom. The van der Waals surface area contributed by atoms with Crippen molar-refractivity contribution < 1.29 is 61.5 Å². The van der Waals surface area contributed by atoms with Gasteiger partial charge in [-0.05, 0) is 0 Å². The minimum atomic E-state index is -7.85. The van der Waals surface area contributed by atoms with Crippen LogP contribution in [0.25, 0.3) is 0 Å². The summed E-state index contributed by atoms with van der Waals surface area (Å²) in [5.74, 6) is -54.9. The maximum atomic E-state index is 12.7. The van der Waals surface area contributed by atoms with Gasteiger partial charge in [0, 0.05) is 0 Å². The summed E-state index contributed by atoms with van der Waals surface area (Å²) < 4.78 is 178. The Morgan fingerprint density at radius 2 is 0.545 bits per heavy atom. The van der Waals surface area contributed by atoms with Gasteiger partial charge in [-0.2, -0.15) is 52.7 Å². The van der Waals surface area contributed by atoms with E-state index in [1.54, 1.807) is 0 Å². The molecule has 1 aliphatic rings. The van der Waals surface area contributed by atoms with E-state index in [1.165, 1.54) is 0 Å². The minimum absolute atomic E-state index is 4.71. The first-order valence-corrected chi connectivity index (χ1v) is 4.65. The summed E-state index contributed by atoms with van der Waals surface area (Å²) >= 11 is 0. The van der Waals surface area contributed by atoms with Gasteiger partial charge in [-0.15, -0.1) is 0 Å². The second-order valence-electron chi connectivity index (χ2n) is 4.07. The molecule has 14 heteroatoms. The van der Waals surface area contributed by atoms with E-state index in [0.29, 0.717) is 0 Å². The molecule has 0 heterocycles. The van der Waals surface area contributed by atoms with Crippen molar-refractivity contribution in [3.63, 3.8) is 0 Å². The minimum Gasteiger partial charge on any atom is -0.202 e. The van der Waals surface area contributed by atoms with E-state index < -0.39 is 47.2 Å². The lowest BCUT2D eigenvalue weighted by Gasteiger charge is -2.42. The predicted molar refractivity (Wildman–Crippen MR) is 38.9 cm³/mol. The first kappa shape index (κ1) is 18.8. The molecule has 0 unspecified atom stereocenters. The van der Waals surface area contributed by atoms with Crippen LogP contribution in [0.15, 0.2) is 11.7 Å². The van der Waals surface area contributed by atoms with E-state index in [0.717, 1.165) is 0 Å². The molecule has 0 atom stereocenters. The van der Waals surface area contributed by atoms with Crippen molar-refractivity contribution in [1.82, 2.24) is 0 Å². The van der Waals surface area contributed by atoms with Crippen molar-refractivity contribution in [3.05, 3.63) is 11.7 Å². The highest BCUT2D eigenvalue weighted by atomic mass is 19.4. The molecule has 0 radical (unpaired) electrons. The second kappa shape index (κ2) is 4.19. The fourth-order valence-electron chi connectivity index (χ4n) is 1.34. The van der Waals surface area contributed by atoms with Crippen LogP contribution in [0.2, 0.25) is 0 Å². The second-order valence-corrected chi connectivity index (χ2v) is 4.07. The lowest BCUT2D eigenvalue weighted by Crippen LogP contribution is -2.72. The van der Waals surface area contributed by atoms with Gasteiger partial charge in [0.2, 0.25) is 11.7 Å². The highest BCUT2D eigenvalue weighted by Gasteiger charge is 2.93. The van der Waals surface area contributed by atoms with E-state index in [1.807, 2.05) is 0 Å². The van der Waals surface area contributed by atoms with Crippen LogP contribution in [-0.2, 0) is 0 Å². The quantitative estimate of drug-likeness (QED) is 0.535. The molecule has 0 amide bonds. The Labute approximate surface area is 110 Å². The third-order valence-electron chi connectivity index (χ3n) is 2.72. The normalized spacial score (nSPS) is 31.4. The summed E-state index contributed by atoms with van der Waals surface area (Å²) in [5, 5.41) is 0. The van der Waals surface area contributed by atoms with Crippen molar-refractivity contribution in [2.24, 2.45) is 0 Å². The summed E-state index contributed by atoms with van der Waals surface area (Å²) in [4.78, 5) is 0. The molecule has 0 fully saturated rings. The molecular weight excluding hydrogens is 362 g/mol. The summed E-state index contributed by atoms with van der Waals surface area (Å²) in [7, 11) is 0. The molecular formula is C8F14. The SMILES string of the molecule is FC1=C(F)C(F)(F)C(F)(F)C(F)(F)C(F)(F)C(F)(F)C1(F)F. The van der Waals surface area contributed by atoms with Gasteiger partial charge in [0.05, 0.1) is 0 Å². The maximum Gasteiger partial charge on any atom is 0.385 e. The van der Waals surface area contributed by atoms with Crippen molar-refractivity contribution in [2.75, 3.05) is 0 Å². The zero-order valence-corrected chi connectivity index (χ0v) is 9.29. The number of hydrogen-bond donors (Lipinski definition) is 0. The molecule has 0 bridgehead atoms. The Morgan fingerprint density at radius 1 is 0.364 bits per heavy atom. The summed E-state index contributed by atoms with van der Waals surface area (Å²) in [5.41, 5.74) is 0. The first-order chi connectivity index (χ1) is 9.32. The van der Waals surface area contributed by atoms with Crippen molar-refractivity contribution in [2.45, 2.75) is 35.5 Å². The molecule has 0 aliphatic heterocycles. The fraction of sp³-hybridized carbons (Fsp3) is 0.750. The van der Waals surface area contributed by atoms with Crippen LogP contribution in [0, 0.1) is 0 Å². The van der Waals surface area contributed by atoms with Gasteiger partial charge in [-0.3, -0.25) is 0 Å². The Balaban J connectivity index is 4.02. The third kappa shape index (κ3) is 1.66. The first-order valence-electron chi connectivity index (χ1n) is 4.65. The highest BCUT2D eigenvalue weighted by Crippen LogP contribution is 2.64. The van der Waals surface area contributed by atoms with E-state index in [2.05, 4.69) is 0 Å². The molecule has 0 N–H and O–H groups in total. The van der Waals surface area contributed by atoms with Crippen LogP contribution >= 0.6 is 0 Å². The van der Waals surface area contributed by atoms with Crippen LogP contribution in [0.1, 0.15) is 0 Å². The molecule has 0 nitrogen and oxygen atoms in total. The van der Waals surface area contributed by atoms with Gasteiger partial charge >= 0.3 is 35.5 Å². The van der Waals surface area contributed by atoms with Gasteiger partial charge in [-0.1, -0.05) is 0 Å². The smallest absolute Gasteiger partial charge is 0.202 e. The molecule has 1 aliphatic carbocycles. The Hall–Kier alpha value is -1.24. The summed E-state index contributed by atoms with van der Waals surface area (Å²) in [6.45, 7) is 0. The average Bonchev–Trinajstić information content (AvgIpc) is 2.34. The van der Waals surface area contributed by atoms with Crippen LogP contribution in [-0.4, -0.2) is 35.5 Å². The standard InChI is InChI=1S/C8F14/c9-1-2(10)4(13,14)6(17,18)8(21,22)7(19,20)5(15,16)3(1,11)12. The zero-order valence-electron chi connectivity index (χ0n) is 9.29.